The molecule has 1 fully saturated rings. The predicted octanol–water partition coefficient (Wildman–Crippen LogP) is 6.05. The van der Waals surface area contributed by atoms with E-state index in [0.717, 1.165) is 9.37 Å². The van der Waals surface area contributed by atoms with Crippen LogP contribution in [0.4, 0.5) is 10.5 Å². The van der Waals surface area contributed by atoms with Gasteiger partial charge >= 0.3 is 6.03 Å². The van der Waals surface area contributed by atoms with Crippen LogP contribution in [0.1, 0.15) is 22.0 Å². The fourth-order valence-corrected chi connectivity index (χ4v) is 4.09. The third-order valence-electron chi connectivity index (χ3n) is 5.03. The lowest BCUT2D eigenvalue weighted by Gasteiger charge is -2.37. The number of benzene rings is 3. The summed E-state index contributed by atoms with van der Waals surface area (Å²) in [7, 11) is 0. The molecule has 0 spiro atoms. The Bertz CT molecular complexity index is 1170. The zero-order valence-corrected chi connectivity index (χ0v) is 19.0. The second kappa shape index (κ2) is 8.83. The van der Waals surface area contributed by atoms with E-state index in [1.165, 1.54) is 0 Å². The molecule has 1 aliphatic heterocycles. The first-order valence-electron chi connectivity index (χ1n) is 9.31. The van der Waals surface area contributed by atoms with E-state index >= 15 is 0 Å². The van der Waals surface area contributed by atoms with Crippen molar-refractivity contribution in [1.82, 2.24) is 5.32 Å². The van der Waals surface area contributed by atoms with E-state index in [0.29, 0.717) is 21.8 Å². The second-order valence-corrected chi connectivity index (χ2v) is 8.69. The molecule has 0 saturated carbocycles. The van der Waals surface area contributed by atoms with E-state index in [-0.39, 0.29) is 5.02 Å². The zero-order valence-electron chi connectivity index (χ0n) is 15.9. The molecule has 0 unspecified atom stereocenters. The molecule has 0 bridgehead atoms. The van der Waals surface area contributed by atoms with Crippen LogP contribution in [0.15, 0.2) is 77.3 Å². The van der Waals surface area contributed by atoms with E-state index < -0.39 is 29.7 Å². The summed E-state index contributed by atoms with van der Waals surface area (Å²) in [5.74, 6) is -2.20. The Morgan fingerprint density at radius 2 is 1.58 bits per heavy atom. The van der Waals surface area contributed by atoms with E-state index in [2.05, 4.69) is 21.2 Å². The molecule has 2 atom stereocenters. The Morgan fingerprint density at radius 3 is 2.23 bits per heavy atom. The molecule has 3 aromatic rings. The van der Waals surface area contributed by atoms with Crippen molar-refractivity contribution < 1.29 is 14.4 Å². The van der Waals surface area contributed by atoms with E-state index in [1.54, 1.807) is 72.8 Å². The van der Waals surface area contributed by atoms with Gasteiger partial charge in [0.15, 0.2) is 5.78 Å². The Labute approximate surface area is 197 Å². The zero-order chi connectivity index (χ0) is 22.1. The van der Waals surface area contributed by atoms with Gasteiger partial charge in [-0.3, -0.25) is 9.59 Å². The Hall–Kier alpha value is -2.67. The largest absolute Gasteiger partial charge is 0.329 e. The summed E-state index contributed by atoms with van der Waals surface area (Å²) in [5, 5.41) is 3.40. The van der Waals surface area contributed by atoms with Crippen LogP contribution in [0, 0.1) is 5.92 Å². The minimum absolute atomic E-state index is 0.265. The minimum atomic E-state index is -1.18. The summed E-state index contributed by atoms with van der Waals surface area (Å²) < 4.78 is 0.805. The van der Waals surface area contributed by atoms with Crippen molar-refractivity contribution in [2.24, 2.45) is 5.92 Å². The highest BCUT2D eigenvalue weighted by atomic mass is 79.9. The standard InChI is InChI=1S/C23H15BrCl2N2O3/c24-15-9-6-13(7-10-15)21(29)19-20(14-8-11-17(25)18(26)12-14)27-23(31)28(22(19)30)16-4-2-1-3-5-16/h1-12,19-20H,(H,27,31)/t19-,20+/m1/s1. The summed E-state index contributed by atoms with van der Waals surface area (Å²) in [6.45, 7) is 0. The van der Waals surface area contributed by atoms with Gasteiger partial charge in [0.2, 0.25) is 5.91 Å². The third kappa shape index (κ3) is 4.24. The number of nitrogens with one attached hydrogen (secondary N) is 1. The lowest BCUT2D eigenvalue weighted by Crippen LogP contribution is -2.58. The van der Waals surface area contributed by atoms with Gasteiger partial charge in [0, 0.05) is 10.0 Å². The van der Waals surface area contributed by atoms with Gasteiger partial charge < -0.3 is 5.32 Å². The number of hydrogen-bond donors (Lipinski definition) is 1. The molecule has 3 amide bonds. The van der Waals surface area contributed by atoms with Gasteiger partial charge in [-0.25, -0.2) is 9.69 Å². The third-order valence-corrected chi connectivity index (χ3v) is 6.30. The van der Waals surface area contributed by atoms with Crippen LogP contribution in [-0.4, -0.2) is 17.7 Å². The van der Waals surface area contributed by atoms with Gasteiger partial charge in [0.1, 0.15) is 5.92 Å². The summed E-state index contributed by atoms with van der Waals surface area (Å²) in [5.41, 5.74) is 1.25. The van der Waals surface area contributed by atoms with Gasteiger partial charge in [-0.2, -0.15) is 0 Å². The monoisotopic (exact) mass is 516 g/mol. The number of anilines is 1. The van der Waals surface area contributed by atoms with Crippen molar-refractivity contribution in [3.8, 4) is 0 Å². The molecule has 156 valence electrons. The summed E-state index contributed by atoms with van der Waals surface area (Å²) in [4.78, 5) is 40.9. The number of nitrogens with zero attached hydrogens (tertiary/aromatic N) is 1. The quantitative estimate of drug-likeness (QED) is 0.338. The number of urea groups is 1. The normalized spacial score (nSPS) is 18.6. The van der Waals surface area contributed by atoms with Gasteiger partial charge in [-0.15, -0.1) is 0 Å². The molecule has 1 heterocycles. The number of halogens is 3. The second-order valence-electron chi connectivity index (χ2n) is 6.96. The smallest absolute Gasteiger partial charge is 0.329 e. The molecule has 0 aliphatic carbocycles. The first-order valence-corrected chi connectivity index (χ1v) is 10.9. The number of ketones is 1. The number of Topliss-reactive ketones (excluding diaryl/α,β-unsaturated/α-hetero) is 1. The van der Waals surface area contributed by atoms with E-state index in [1.807, 2.05) is 0 Å². The molecular weight excluding hydrogens is 503 g/mol. The van der Waals surface area contributed by atoms with Crippen molar-refractivity contribution in [2.45, 2.75) is 6.04 Å². The molecule has 1 saturated heterocycles. The number of hydrogen-bond acceptors (Lipinski definition) is 3. The van der Waals surface area contributed by atoms with Gasteiger partial charge in [-0.1, -0.05) is 75.5 Å². The highest BCUT2D eigenvalue weighted by molar-refractivity contribution is 9.10. The maximum absolute atomic E-state index is 13.5. The molecular formula is C23H15BrCl2N2O3. The van der Waals surface area contributed by atoms with E-state index in [4.69, 9.17) is 23.2 Å². The summed E-state index contributed by atoms with van der Waals surface area (Å²) in [6.07, 6.45) is 0. The van der Waals surface area contributed by atoms with Crippen molar-refractivity contribution in [1.29, 1.82) is 0 Å². The average molecular weight is 518 g/mol. The molecule has 0 radical (unpaired) electrons. The number of carbonyl (C=O) groups excluding carboxylic acids is 3. The van der Waals surface area contributed by atoms with Crippen LogP contribution in [0.2, 0.25) is 10.0 Å². The summed E-state index contributed by atoms with van der Waals surface area (Å²) >= 11 is 15.5. The topological polar surface area (TPSA) is 66.5 Å². The Kier molecular flexibility index (Phi) is 6.14. The first kappa shape index (κ1) is 21.6. The van der Waals surface area contributed by atoms with Crippen molar-refractivity contribution >= 4 is 62.5 Å². The molecule has 3 aromatic carbocycles. The average Bonchev–Trinajstić information content (AvgIpc) is 2.76. The SMILES string of the molecule is O=C(c1ccc(Br)cc1)[C@@H]1C(=O)N(c2ccccc2)C(=O)N[C@H]1c1ccc(Cl)c(Cl)c1. The lowest BCUT2D eigenvalue weighted by molar-refractivity contribution is -0.121. The van der Waals surface area contributed by atoms with Crippen LogP contribution in [0.3, 0.4) is 0 Å². The number of imide groups is 1. The van der Waals surface area contributed by atoms with Crippen LogP contribution in [0.25, 0.3) is 0 Å². The van der Waals surface area contributed by atoms with Crippen LogP contribution < -0.4 is 10.2 Å². The minimum Gasteiger partial charge on any atom is -0.329 e. The molecule has 0 aromatic heterocycles. The van der Waals surface area contributed by atoms with Crippen molar-refractivity contribution in [3.05, 3.63) is 98.4 Å². The maximum atomic E-state index is 13.5. The number of amides is 3. The van der Waals surface area contributed by atoms with Gasteiger partial charge in [-0.05, 0) is 42.0 Å². The predicted molar refractivity (Wildman–Crippen MR) is 124 cm³/mol. The van der Waals surface area contributed by atoms with Crippen molar-refractivity contribution in [3.63, 3.8) is 0 Å². The van der Waals surface area contributed by atoms with Crippen LogP contribution in [0.5, 0.6) is 0 Å². The molecule has 31 heavy (non-hydrogen) atoms. The maximum Gasteiger partial charge on any atom is 0.329 e. The molecule has 8 heteroatoms. The molecule has 1 aliphatic rings. The highest BCUT2D eigenvalue weighted by Crippen LogP contribution is 2.35. The lowest BCUT2D eigenvalue weighted by atomic mass is 9.84. The number of para-hydroxylation sites is 1. The number of carbonyl (C=O) groups is 3. The first-order chi connectivity index (χ1) is 14.9. The molecule has 4 rings (SSSR count). The number of rotatable bonds is 4. The van der Waals surface area contributed by atoms with Crippen molar-refractivity contribution in [2.75, 3.05) is 4.90 Å². The fourth-order valence-electron chi connectivity index (χ4n) is 3.52. The fraction of sp³-hybridized carbons (Fsp3) is 0.0870. The van der Waals surface area contributed by atoms with E-state index in [9.17, 15) is 14.4 Å². The summed E-state index contributed by atoms with van der Waals surface area (Å²) in [6, 6.07) is 18.5. The highest BCUT2D eigenvalue weighted by Gasteiger charge is 2.46. The molecule has 1 N–H and O–H groups in total. The van der Waals surface area contributed by atoms with Crippen LogP contribution >= 0.6 is 39.1 Å². The van der Waals surface area contributed by atoms with Gasteiger partial charge in [0.25, 0.3) is 0 Å². The Balaban J connectivity index is 1.81. The Morgan fingerprint density at radius 1 is 0.903 bits per heavy atom. The van der Waals surface area contributed by atoms with Crippen LogP contribution in [-0.2, 0) is 4.79 Å². The van der Waals surface area contributed by atoms with Gasteiger partial charge in [0.05, 0.1) is 21.8 Å². The molecule has 5 nitrogen and oxygen atoms in total.